The molecule has 0 unspecified atom stereocenters. The average Bonchev–Trinajstić information content (AvgIpc) is 2.98. The SMILES string of the molecule is CC(C)CC(=O)N1CCN(C(=O)CCCCCN=C(N)NC2CCCCCC2)CC1. The largest absolute Gasteiger partial charge is 0.370 e. The summed E-state index contributed by atoms with van der Waals surface area (Å²) in [5.41, 5.74) is 6.03. The smallest absolute Gasteiger partial charge is 0.222 e. The second kappa shape index (κ2) is 13.5. The Balaban J connectivity index is 1.53. The molecule has 0 aromatic heterocycles. The topological polar surface area (TPSA) is 91.0 Å². The Hall–Kier alpha value is -1.79. The summed E-state index contributed by atoms with van der Waals surface area (Å²) in [6.45, 7) is 7.50. The van der Waals surface area contributed by atoms with Crippen molar-refractivity contribution in [3.8, 4) is 0 Å². The van der Waals surface area contributed by atoms with Crippen LogP contribution in [-0.4, -0.2) is 66.3 Å². The number of amides is 2. The first kappa shape index (κ1) is 24.5. The molecule has 0 bridgehead atoms. The normalized spacial score (nSPS) is 19.1. The molecule has 2 amide bonds. The highest BCUT2D eigenvalue weighted by Crippen LogP contribution is 2.17. The summed E-state index contributed by atoms with van der Waals surface area (Å²) in [5.74, 6) is 1.38. The van der Waals surface area contributed by atoms with Crippen LogP contribution in [-0.2, 0) is 9.59 Å². The highest BCUT2D eigenvalue weighted by Gasteiger charge is 2.23. The Labute approximate surface area is 182 Å². The minimum Gasteiger partial charge on any atom is -0.370 e. The Kier molecular flexibility index (Phi) is 11.0. The van der Waals surface area contributed by atoms with Gasteiger partial charge in [0.2, 0.25) is 11.8 Å². The Morgan fingerprint density at radius 2 is 1.53 bits per heavy atom. The quantitative estimate of drug-likeness (QED) is 0.259. The van der Waals surface area contributed by atoms with Crippen molar-refractivity contribution >= 4 is 17.8 Å². The van der Waals surface area contributed by atoms with Crippen LogP contribution < -0.4 is 11.1 Å². The van der Waals surface area contributed by atoms with E-state index in [9.17, 15) is 9.59 Å². The fourth-order valence-corrected chi connectivity index (χ4v) is 4.28. The number of rotatable bonds is 9. The molecule has 0 radical (unpaired) electrons. The first-order chi connectivity index (χ1) is 14.5. The maximum absolute atomic E-state index is 12.4. The van der Waals surface area contributed by atoms with Crippen LogP contribution in [0.25, 0.3) is 0 Å². The van der Waals surface area contributed by atoms with Crippen molar-refractivity contribution in [2.45, 2.75) is 90.5 Å². The molecule has 0 spiro atoms. The van der Waals surface area contributed by atoms with Gasteiger partial charge in [-0.1, -0.05) is 46.0 Å². The van der Waals surface area contributed by atoms with E-state index in [1.54, 1.807) is 0 Å². The zero-order valence-corrected chi connectivity index (χ0v) is 19.2. The molecule has 2 aliphatic rings. The summed E-state index contributed by atoms with van der Waals surface area (Å²) >= 11 is 0. The van der Waals surface area contributed by atoms with Gasteiger partial charge in [-0.3, -0.25) is 14.6 Å². The lowest BCUT2D eigenvalue weighted by atomic mass is 10.1. The third kappa shape index (κ3) is 9.35. The summed E-state index contributed by atoms with van der Waals surface area (Å²) in [7, 11) is 0. The van der Waals surface area contributed by atoms with Crippen molar-refractivity contribution in [3.63, 3.8) is 0 Å². The van der Waals surface area contributed by atoms with Crippen molar-refractivity contribution in [2.75, 3.05) is 32.7 Å². The molecule has 1 saturated carbocycles. The molecule has 1 aliphatic carbocycles. The molecular weight excluding hydrogens is 378 g/mol. The van der Waals surface area contributed by atoms with Gasteiger partial charge in [0.1, 0.15) is 0 Å². The van der Waals surface area contributed by atoms with Crippen LogP contribution in [0.1, 0.15) is 84.5 Å². The van der Waals surface area contributed by atoms with E-state index < -0.39 is 0 Å². The number of aliphatic imine (C=N–C) groups is 1. The number of nitrogens with two attached hydrogens (primary N) is 1. The number of hydrogen-bond donors (Lipinski definition) is 2. The zero-order chi connectivity index (χ0) is 21.8. The van der Waals surface area contributed by atoms with E-state index in [4.69, 9.17) is 5.73 Å². The summed E-state index contributed by atoms with van der Waals surface area (Å²) in [5, 5.41) is 3.37. The lowest BCUT2D eigenvalue weighted by Crippen LogP contribution is -2.50. The van der Waals surface area contributed by atoms with Crippen molar-refractivity contribution in [1.29, 1.82) is 0 Å². The molecule has 2 rings (SSSR count). The van der Waals surface area contributed by atoms with Crippen LogP contribution in [0.5, 0.6) is 0 Å². The molecule has 172 valence electrons. The molecule has 2 fully saturated rings. The van der Waals surface area contributed by atoms with E-state index in [-0.39, 0.29) is 11.8 Å². The van der Waals surface area contributed by atoms with Gasteiger partial charge in [0.15, 0.2) is 5.96 Å². The van der Waals surface area contributed by atoms with Gasteiger partial charge in [0, 0.05) is 51.6 Å². The van der Waals surface area contributed by atoms with E-state index >= 15 is 0 Å². The Bertz CT molecular complexity index is 548. The van der Waals surface area contributed by atoms with Gasteiger partial charge in [0.25, 0.3) is 0 Å². The van der Waals surface area contributed by atoms with Gasteiger partial charge in [-0.05, 0) is 31.6 Å². The van der Waals surface area contributed by atoms with E-state index in [0.29, 0.717) is 56.9 Å². The van der Waals surface area contributed by atoms with Crippen LogP contribution in [0.3, 0.4) is 0 Å². The number of piperazine rings is 1. The van der Waals surface area contributed by atoms with Gasteiger partial charge in [-0.2, -0.15) is 0 Å². The van der Waals surface area contributed by atoms with E-state index in [2.05, 4.69) is 24.2 Å². The molecule has 0 aromatic carbocycles. The fraction of sp³-hybridized carbons (Fsp3) is 0.870. The van der Waals surface area contributed by atoms with Crippen molar-refractivity contribution in [3.05, 3.63) is 0 Å². The van der Waals surface area contributed by atoms with E-state index in [1.807, 2.05) is 9.80 Å². The summed E-state index contributed by atoms with van der Waals surface area (Å²) in [6, 6.07) is 0.481. The second-order valence-corrected chi connectivity index (χ2v) is 9.27. The van der Waals surface area contributed by atoms with E-state index in [0.717, 1.165) is 25.8 Å². The van der Waals surface area contributed by atoms with Crippen molar-refractivity contribution in [1.82, 2.24) is 15.1 Å². The van der Waals surface area contributed by atoms with Crippen LogP contribution in [0, 0.1) is 5.92 Å². The standard InChI is InChI=1S/C23H43N5O2/c1-19(2)18-22(30)28-16-14-27(15-17-28)21(29)12-8-5-9-13-25-23(24)26-20-10-6-3-4-7-11-20/h19-20H,3-18H2,1-2H3,(H3,24,25,26). The first-order valence-corrected chi connectivity index (χ1v) is 12.1. The van der Waals surface area contributed by atoms with Crippen LogP contribution in [0.15, 0.2) is 4.99 Å². The lowest BCUT2D eigenvalue weighted by molar-refractivity contribution is -0.140. The molecule has 3 N–H and O–H groups in total. The van der Waals surface area contributed by atoms with Gasteiger partial charge >= 0.3 is 0 Å². The number of hydrogen-bond acceptors (Lipinski definition) is 3. The molecule has 7 nitrogen and oxygen atoms in total. The molecule has 0 atom stereocenters. The van der Waals surface area contributed by atoms with Crippen molar-refractivity contribution in [2.24, 2.45) is 16.6 Å². The molecule has 1 heterocycles. The summed E-state index contributed by atoms with van der Waals surface area (Å²) in [6.07, 6.45) is 11.6. The van der Waals surface area contributed by atoms with E-state index in [1.165, 1.54) is 38.5 Å². The Morgan fingerprint density at radius 3 is 2.13 bits per heavy atom. The number of guanidine groups is 1. The average molecular weight is 422 g/mol. The minimum atomic E-state index is 0.212. The summed E-state index contributed by atoms with van der Waals surface area (Å²) in [4.78, 5) is 32.8. The number of nitrogens with zero attached hydrogens (tertiary/aromatic N) is 3. The second-order valence-electron chi connectivity index (χ2n) is 9.27. The van der Waals surface area contributed by atoms with Crippen molar-refractivity contribution < 1.29 is 9.59 Å². The molecule has 1 saturated heterocycles. The molecular formula is C23H43N5O2. The van der Waals surface area contributed by atoms with Gasteiger partial charge in [-0.25, -0.2) is 0 Å². The Morgan fingerprint density at radius 1 is 0.933 bits per heavy atom. The maximum Gasteiger partial charge on any atom is 0.222 e. The molecule has 1 aliphatic heterocycles. The zero-order valence-electron chi connectivity index (χ0n) is 19.2. The highest BCUT2D eigenvalue weighted by molar-refractivity contribution is 5.79. The highest BCUT2D eigenvalue weighted by atomic mass is 16.2. The molecule has 0 aromatic rings. The van der Waals surface area contributed by atoms with Crippen LogP contribution in [0.4, 0.5) is 0 Å². The summed E-state index contributed by atoms with van der Waals surface area (Å²) < 4.78 is 0. The van der Waals surface area contributed by atoms with Gasteiger partial charge < -0.3 is 20.9 Å². The number of carbonyl (C=O) groups excluding carboxylic acids is 2. The predicted octanol–water partition coefficient (Wildman–Crippen LogP) is 2.89. The molecule has 30 heavy (non-hydrogen) atoms. The maximum atomic E-state index is 12.4. The van der Waals surface area contributed by atoms with Crippen LogP contribution >= 0.6 is 0 Å². The first-order valence-electron chi connectivity index (χ1n) is 12.1. The third-order valence-electron chi connectivity index (χ3n) is 6.11. The van der Waals surface area contributed by atoms with Gasteiger partial charge in [0.05, 0.1) is 0 Å². The fourth-order valence-electron chi connectivity index (χ4n) is 4.28. The minimum absolute atomic E-state index is 0.212. The number of carbonyl (C=O) groups is 2. The van der Waals surface area contributed by atoms with Crippen LogP contribution in [0.2, 0.25) is 0 Å². The lowest BCUT2D eigenvalue weighted by Gasteiger charge is -2.35. The predicted molar refractivity (Wildman–Crippen MR) is 122 cm³/mol. The number of nitrogens with one attached hydrogen (secondary N) is 1. The third-order valence-corrected chi connectivity index (χ3v) is 6.11. The van der Waals surface area contributed by atoms with Gasteiger partial charge in [-0.15, -0.1) is 0 Å². The number of unbranched alkanes of at least 4 members (excludes halogenated alkanes) is 2. The monoisotopic (exact) mass is 421 g/mol. The molecule has 7 heteroatoms.